The lowest BCUT2D eigenvalue weighted by Crippen LogP contribution is -2.51. The van der Waals surface area contributed by atoms with Gasteiger partial charge < -0.3 is 14.5 Å². The Hall–Kier alpha value is -1.60. The lowest BCUT2D eigenvalue weighted by atomic mass is 9.88. The fourth-order valence-electron chi connectivity index (χ4n) is 2.40. The third-order valence-electron chi connectivity index (χ3n) is 3.97. The summed E-state index contributed by atoms with van der Waals surface area (Å²) in [5.74, 6) is 0.590. The van der Waals surface area contributed by atoms with Gasteiger partial charge in [0, 0.05) is 31.9 Å². The maximum atomic E-state index is 12.4. The van der Waals surface area contributed by atoms with E-state index in [9.17, 15) is 4.79 Å². The molecule has 1 atom stereocenters. The first-order chi connectivity index (χ1) is 10.8. The van der Waals surface area contributed by atoms with E-state index in [1.807, 2.05) is 31.0 Å². The molecule has 1 aliphatic rings. The SMILES string of the molecule is CN(C)CCn1ccc(NC(=O)N2CCOC(C(C)(C)C)C2)n1. The molecule has 0 aromatic carbocycles. The highest BCUT2D eigenvalue weighted by Crippen LogP contribution is 2.25. The monoisotopic (exact) mass is 323 g/mol. The van der Waals surface area contributed by atoms with Crippen molar-refractivity contribution >= 4 is 11.8 Å². The van der Waals surface area contributed by atoms with Crippen LogP contribution >= 0.6 is 0 Å². The van der Waals surface area contributed by atoms with Gasteiger partial charge in [0.15, 0.2) is 5.82 Å². The number of hydrogen-bond donors (Lipinski definition) is 1. The second kappa shape index (κ2) is 7.31. The van der Waals surface area contributed by atoms with E-state index < -0.39 is 0 Å². The summed E-state index contributed by atoms with van der Waals surface area (Å²) < 4.78 is 7.63. The molecule has 23 heavy (non-hydrogen) atoms. The van der Waals surface area contributed by atoms with Gasteiger partial charge in [0.25, 0.3) is 0 Å². The molecule has 1 aliphatic heterocycles. The fraction of sp³-hybridized carbons (Fsp3) is 0.750. The van der Waals surface area contributed by atoms with Gasteiger partial charge in [0.2, 0.25) is 0 Å². The van der Waals surface area contributed by atoms with Crippen LogP contribution in [0, 0.1) is 5.41 Å². The molecule has 0 radical (unpaired) electrons. The van der Waals surface area contributed by atoms with E-state index in [4.69, 9.17) is 4.74 Å². The Labute approximate surface area is 138 Å². The van der Waals surface area contributed by atoms with Crippen molar-refractivity contribution in [2.24, 2.45) is 5.41 Å². The van der Waals surface area contributed by atoms with E-state index in [-0.39, 0.29) is 17.6 Å². The first-order valence-corrected chi connectivity index (χ1v) is 8.11. The van der Waals surface area contributed by atoms with Crippen molar-refractivity contribution in [2.75, 3.05) is 45.7 Å². The van der Waals surface area contributed by atoms with Crippen molar-refractivity contribution in [1.29, 1.82) is 0 Å². The van der Waals surface area contributed by atoms with Gasteiger partial charge >= 0.3 is 6.03 Å². The summed E-state index contributed by atoms with van der Waals surface area (Å²) in [6.45, 7) is 9.89. The average molecular weight is 323 g/mol. The molecule has 0 spiro atoms. The van der Waals surface area contributed by atoms with Crippen LogP contribution in [0.1, 0.15) is 20.8 Å². The van der Waals surface area contributed by atoms with Crippen molar-refractivity contribution in [3.05, 3.63) is 12.3 Å². The number of nitrogens with one attached hydrogen (secondary N) is 1. The fourth-order valence-corrected chi connectivity index (χ4v) is 2.40. The van der Waals surface area contributed by atoms with Crippen LogP contribution < -0.4 is 5.32 Å². The largest absolute Gasteiger partial charge is 0.374 e. The quantitative estimate of drug-likeness (QED) is 0.916. The smallest absolute Gasteiger partial charge is 0.323 e. The molecule has 1 N–H and O–H groups in total. The normalized spacial score (nSPS) is 19.2. The molecule has 7 nitrogen and oxygen atoms in total. The van der Waals surface area contributed by atoms with Crippen LogP contribution in [0.15, 0.2) is 12.3 Å². The number of anilines is 1. The summed E-state index contributed by atoms with van der Waals surface area (Å²) in [6, 6.07) is 1.72. The van der Waals surface area contributed by atoms with Gasteiger partial charge in [-0.2, -0.15) is 5.10 Å². The lowest BCUT2D eigenvalue weighted by Gasteiger charge is -2.39. The maximum Gasteiger partial charge on any atom is 0.323 e. The van der Waals surface area contributed by atoms with Gasteiger partial charge in [-0.1, -0.05) is 20.8 Å². The summed E-state index contributed by atoms with van der Waals surface area (Å²) in [7, 11) is 4.05. The number of aromatic nitrogens is 2. The highest BCUT2D eigenvalue weighted by molar-refractivity contribution is 5.88. The molecule has 2 rings (SSSR count). The zero-order valence-electron chi connectivity index (χ0n) is 14.9. The third-order valence-corrected chi connectivity index (χ3v) is 3.97. The Kier molecular flexibility index (Phi) is 5.64. The standard InChI is InChI=1S/C16H29N5O2/c1-16(2,3)13-12-20(10-11-23-13)15(22)17-14-6-7-21(18-14)9-8-19(4)5/h6-7,13H,8-12H2,1-5H3,(H,17,18,22). The van der Waals surface area contributed by atoms with Crippen LogP contribution in [0.25, 0.3) is 0 Å². The Morgan fingerprint density at radius 2 is 2.22 bits per heavy atom. The van der Waals surface area contributed by atoms with Crippen molar-refractivity contribution in [2.45, 2.75) is 33.4 Å². The van der Waals surface area contributed by atoms with Gasteiger partial charge in [-0.3, -0.25) is 10.00 Å². The molecule has 2 heterocycles. The molecular formula is C16H29N5O2. The van der Waals surface area contributed by atoms with Crippen molar-refractivity contribution in [3.8, 4) is 0 Å². The molecule has 1 unspecified atom stereocenters. The minimum absolute atomic E-state index is 0.0205. The Morgan fingerprint density at radius 1 is 1.48 bits per heavy atom. The Morgan fingerprint density at radius 3 is 2.87 bits per heavy atom. The molecule has 2 amide bonds. The van der Waals surface area contributed by atoms with Crippen LogP contribution in [0.5, 0.6) is 0 Å². The highest BCUT2D eigenvalue weighted by atomic mass is 16.5. The summed E-state index contributed by atoms with van der Waals surface area (Å²) in [6.07, 6.45) is 1.94. The lowest BCUT2D eigenvalue weighted by molar-refractivity contribution is -0.0664. The van der Waals surface area contributed by atoms with E-state index in [0.29, 0.717) is 25.5 Å². The summed E-state index contributed by atoms with van der Waals surface area (Å²) in [5.41, 5.74) is 0.0205. The van der Waals surface area contributed by atoms with Crippen molar-refractivity contribution in [1.82, 2.24) is 19.6 Å². The summed E-state index contributed by atoms with van der Waals surface area (Å²) in [4.78, 5) is 16.3. The number of ether oxygens (including phenoxy) is 1. The second-order valence-corrected chi connectivity index (χ2v) is 7.37. The number of rotatable bonds is 4. The van der Waals surface area contributed by atoms with Crippen LogP contribution in [-0.4, -0.2) is 72.1 Å². The zero-order valence-corrected chi connectivity index (χ0v) is 14.9. The van der Waals surface area contributed by atoms with Crippen molar-refractivity contribution in [3.63, 3.8) is 0 Å². The van der Waals surface area contributed by atoms with E-state index in [2.05, 4.69) is 36.1 Å². The average Bonchev–Trinajstić information content (AvgIpc) is 2.92. The molecule has 1 aromatic rings. The summed E-state index contributed by atoms with van der Waals surface area (Å²) >= 11 is 0. The number of likely N-dealkylation sites (N-methyl/N-ethyl adjacent to an activating group) is 1. The molecular weight excluding hydrogens is 294 g/mol. The molecule has 1 fully saturated rings. The predicted molar refractivity (Wildman–Crippen MR) is 90.6 cm³/mol. The first-order valence-electron chi connectivity index (χ1n) is 8.11. The number of hydrogen-bond acceptors (Lipinski definition) is 4. The molecule has 1 saturated heterocycles. The van der Waals surface area contributed by atoms with Gasteiger partial charge in [0.05, 0.1) is 19.3 Å². The molecule has 0 aliphatic carbocycles. The predicted octanol–water partition coefficient (Wildman–Crippen LogP) is 1.72. The highest BCUT2D eigenvalue weighted by Gasteiger charge is 2.32. The van der Waals surface area contributed by atoms with Crippen LogP contribution in [0.3, 0.4) is 0 Å². The first kappa shape index (κ1) is 17.7. The second-order valence-electron chi connectivity index (χ2n) is 7.37. The Bertz CT molecular complexity index is 521. The van der Waals surface area contributed by atoms with Gasteiger partial charge in [0.1, 0.15) is 0 Å². The number of nitrogens with zero attached hydrogens (tertiary/aromatic N) is 4. The topological polar surface area (TPSA) is 62.6 Å². The van der Waals surface area contributed by atoms with E-state index in [1.165, 1.54) is 0 Å². The van der Waals surface area contributed by atoms with Gasteiger partial charge in [-0.15, -0.1) is 0 Å². The maximum absolute atomic E-state index is 12.4. The minimum Gasteiger partial charge on any atom is -0.374 e. The van der Waals surface area contributed by atoms with E-state index in [1.54, 1.807) is 4.90 Å². The third kappa shape index (κ3) is 5.21. The van der Waals surface area contributed by atoms with Crippen LogP contribution in [0.2, 0.25) is 0 Å². The Balaban J connectivity index is 1.89. The van der Waals surface area contributed by atoms with E-state index >= 15 is 0 Å². The number of morpholine rings is 1. The number of carbonyl (C=O) groups is 1. The summed E-state index contributed by atoms with van der Waals surface area (Å²) in [5, 5.41) is 7.26. The number of carbonyl (C=O) groups excluding carboxylic acids is 1. The van der Waals surface area contributed by atoms with Crippen molar-refractivity contribution < 1.29 is 9.53 Å². The zero-order chi connectivity index (χ0) is 17.0. The van der Waals surface area contributed by atoms with Gasteiger partial charge in [-0.05, 0) is 19.5 Å². The molecule has 0 bridgehead atoms. The van der Waals surface area contributed by atoms with E-state index in [0.717, 1.165) is 13.1 Å². The number of urea groups is 1. The van der Waals surface area contributed by atoms with Crippen LogP contribution in [0.4, 0.5) is 10.6 Å². The molecule has 1 aromatic heterocycles. The minimum atomic E-state index is -0.111. The van der Waals surface area contributed by atoms with Crippen LogP contribution in [-0.2, 0) is 11.3 Å². The molecule has 130 valence electrons. The van der Waals surface area contributed by atoms with Gasteiger partial charge in [-0.25, -0.2) is 4.79 Å². The molecule has 7 heteroatoms. The molecule has 0 saturated carbocycles. The number of amides is 2.